The fourth-order valence-corrected chi connectivity index (χ4v) is 2.05. The van der Waals surface area contributed by atoms with E-state index in [2.05, 4.69) is 0 Å². The third-order valence-electron chi connectivity index (χ3n) is 2.69. The molecule has 0 fully saturated rings. The van der Waals surface area contributed by atoms with Crippen molar-refractivity contribution in [2.75, 3.05) is 6.54 Å². The summed E-state index contributed by atoms with van der Waals surface area (Å²) in [7, 11) is 0. The highest BCUT2D eigenvalue weighted by Gasteiger charge is 2.06. The van der Waals surface area contributed by atoms with Crippen LogP contribution in [-0.2, 0) is 6.42 Å². The summed E-state index contributed by atoms with van der Waals surface area (Å²) in [6, 6.07) is 13.6. The Balaban J connectivity index is 2.28. The first-order valence-corrected chi connectivity index (χ1v) is 6.30. The summed E-state index contributed by atoms with van der Waals surface area (Å²) < 4.78 is 5.86. The second-order valence-electron chi connectivity index (χ2n) is 4.18. The predicted molar refractivity (Wildman–Crippen MR) is 75.5 cm³/mol. The maximum absolute atomic E-state index is 6.16. The van der Waals surface area contributed by atoms with Gasteiger partial charge in [-0.2, -0.15) is 0 Å². The van der Waals surface area contributed by atoms with E-state index in [0.717, 1.165) is 23.3 Å². The van der Waals surface area contributed by atoms with Gasteiger partial charge in [-0.05, 0) is 49.2 Å². The molecule has 0 aliphatic heterocycles. The van der Waals surface area contributed by atoms with Crippen molar-refractivity contribution in [3.8, 4) is 11.5 Å². The van der Waals surface area contributed by atoms with Crippen LogP contribution in [0.25, 0.3) is 0 Å². The molecule has 0 aromatic heterocycles. The van der Waals surface area contributed by atoms with E-state index in [4.69, 9.17) is 22.1 Å². The predicted octanol–water partition coefficient (Wildman–Crippen LogP) is 3.94. The third-order valence-corrected chi connectivity index (χ3v) is 2.99. The molecule has 2 nitrogen and oxygen atoms in total. The molecule has 0 atom stereocenters. The van der Waals surface area contributed by atoms with Gasteiger partial charge in [0, 0.05) is 0 Å². The molecule has 0 saturated carbocycles. The van der Waals surface area contributed by atoms with Gasteiger partial charge in [-0.25, -0.2) is 0 Å². The molecule has 2 rings (SSSR count). The van der Waals surface area contributed by atoms with Crippen molar-refractivity contribution in [2.45, 2.75) is 13.3 Å². The number of benzene rings is 2. The normalized spacial score (nSPS) is 10.4. The van der Waals surface area contributed by atoms with Crippen LogP contribution in [0.1, 0.15) is 11.1 Å². The molecule has 0 heterocycles. The van der Waals surface area contributed by atoms with E-state index < -0.39 is 0 Å². The quantitative estimate of drug-likeness (QED) is 0.905. The van der Waals surface area contributed by atoms with Crippen LogP contribution >= 0.6 is 11.6 Å². The summed E-state index contributed by atoms with van der Waals surface area (Å²) in [5.41, 5.74) is 7.80. The zero-order valence-electron chi connectivity index (χ0n) is 10.3. The van der Waals surface area contributed by atoms with Crippen molar-refractivity contribution in [1.82, 2.24) is 0 Å². The van der Waals surface area contributed by atoms with Gasteiger partial charge in [-0.3, -0.25) is 0 Å². The summed E-state index contributed by atoms with van der Waals surface area (Å²) in [5, 5.41) is 0.623. The molecule has 3 heteroatoms. The molecule has 18 heavy (non-hydrogen) atoms. The van der Waals surface area contributed by atoms with E-state index in [1.165, 1.54) is 0 Å². The maximum atomic E-state index is 6.16. The second-order valence-corrected chi connectivity index (χ2v) is 4.59. The number of para-hydroxylation sites is 1. The Kier molecular flexibility index (Phi) is 4.24. The number of rotatable bonds is 4. The minimum absolute atomic E-state index is 0.599. The average molecular weight is 262 g/mol. The molecule has 2 N–H and O–H groups in total. The third kappa shape index (κ3) is 3.03. The zero-order chi connectivity index (χ0) is 13.0. The molecular formula is C15H16ClNO. The SMILES string of the molecule is Cc1ccc(Oc2ccccc2CCN)c(Cl)c1. The van der Waals surface area contributed by atoms with Gasteiger partial charge in [0.25, 0.3) is 0 Å². The summed E-state index contributed by atoms with van der Waals surface area (Å²) in [4.78, 5) is 0. The lowest BCUT2D eigenvalue weighted by molar-refractivity contribution is 0.476. The first-order valence-electron chi connectivity index (χ1n) is 5.92. The molecule has 0 amide bonds. The monoisotopic (exact) mass is 261 g/mol. The minimum atomic E-state index is 0.599. The number of aryl methyl sites for hydroxylation is 1. The molecule has 2 aromatic carbocycles. The lowest BCUT2D eigenvalue weighted by Gasteiger charge is -2.12. The Morgan fingerprint density at radius 2 is 1.89 bits per heavy atom. The van der Waals surface area contributed by atoms with Crippen LogP contribution in [0.4, 0.5) is 0 Å². The van der Waals surface area contributed by atoms with E-state index in [0.29, 0.717) is 17.3 Å². The number of ether oxygens (including phenoxy) is 1. The molecule has 94 valence electrons. The van der Waals surface area contributed by atoms with Crippen LogP contribution in [-0.4, -0.2) is 6.54 Å². The summed E-state index contributed by atoms with van der Waals surface area (Å²) in [6.45, 7) is 2.60. The summed E-state index contributed by atoms with van der Waals surface area (Å²) in [5.74, 6) is 1.49. The van der Waals surface area contributed by atoms with Gasteiger partial charge in [0.1, 0.15) is 11.5 Å². The van der Waals surface area contributed by atoms with E-state index in [1.54, 1.807) is 0 Å². The Bertz CT molecular complexity index is 540. The minimum Gasteiger partial charge on any atom is -0.456 e. The highest BCUT2D eigenvalue weighted by Crippen LogP contribution is 2.31. The van der Waals surface area contributed by atoms with Gasteiger partial charge in [0.15, 0.2) is 0 Å². The number of halogens is 1. The van der Waals surface area contributed by atoms with Crippen LogP contribution in [0, 0.1) is 6.92 Å². The Hall–Kier alpha value is -1.51. The van der Waals surface area contributed by atoms with Gasteiger partial charge in [-0.1, -0.05) is 35.9 Å². The highest BCUT2D eigenvalue weighted by molar-refractivity contribution is 6.32. The first-order chi connectivity index (χ1) is 8.70. The topological polar surface area (TPSA) is 35.2 Å². The van der Waals surface area contributed by atoms with Crippen LogP contribution in [0.2, 0.25) is 5.02 Å². The maximum Gasteiger partial charge on any atom is 0.146 e. The van der Waals surface area contributed by atoms with Gasteiger partial charge in [0.05, 0.1) is 5.02 Å². The molecule has 0 spiro atoms. The highest BCUT2D eigenvalue weighted by atomic mass is 35.5. The van der Waals surface area contributed by atoms with E-state index in [1.807, 2.05) is 49.4 Å². The van der Waals surface area contributed by atoms with Crippen molar-refractivity contribution in [3.05, 3.63) is 58.6 Å². The lowest BCUT2D eigenvalue weighted by atomic mass is 10.1. The Morgan fingerprint density at radius 3 is 2.61 bits per heavy atom. The molecule has 0 aliphatic rings. The second kappa shape index (κ2) is 5.89. The molecule has 0 saturated heterocycles. The summed E-state index contributed by atoms with van der Waals surface area (Å²) in [6.07, 6.45) is 0.791. The van der Waals surface area contributed by atoms with Gasteiger partial charge in [-0.15, -0.1) is 0 Å². The van der Waals surface area contributed by atoms with Crippen molar-refractivity contribution >= 4 is 11.6 Å². The van der Waals surface area contributed by atoms with Crippen molar-refractivity contribution in [3.63, 3.8) is 0 Å². The van der Waals surface area contributed by atoms with Crippen molar-refractivity contribution in [2.24, 2.45) is 5.73 Å². The Labute approximate surface area is 112 Å². The fraction of sp³-hybridized carbons (Fsp3) is 0.200. The van der Waals surface area contributed by atoms with Crippen molar-refractivity contribution in [1.29, 1.82) is 0 Å². The molecule has 0 bridgehead atoms. The number of hydrogen-bond donors (Lipinski definition) is 1. The number of hydrogen-bond acceptors (Lipinski definition) is 2. The smallest absolute Gasteiger partial charge is 0.146 e. The average Bonchev–Trinajstić information content (AvgIpc) is 2.35. The van der Waals surface area contributed by atoms with Crippen LogP contribution in [0.5, 0.6) is 11.5 Å². The van der Waals surface area contributed by atoms with E-state index in [9.17, 15) is 0 Å². The first kappa shape index (κ1) is 12.9. The Morgan fingerprint density at radius 1 is 1.11 bits per heavy atom. The standard InChI is InChI=1S/C15H16ClNO/c1-11-6-7-15(13(16)10-11)18-14-5-3-2-4-12(14)8-9-17/h2-7,10H,8-9,17H2,1H3. The summed E-state index contributed by atoms with van der Waals surface area (Å²) >= 11 is 6.16. The molecule has 0 radical (unpaired) electrons. The van der Waals surface area contributed by atoms with E-state index in [-0.39, 0.29) is 0 Å². The molecule has 0 unspecified atom stereocenters. The van der Waals surface area contributed by atoms with Crippen LogP contribution < -0.4 is 10.5 Å². The number of nitrogens with two attached hydrogens (primary N) is 1. The van der Waals surface area contributed by atoms with Gasteiger partial charge >= 0.3 is 0 Å². The van der Waals surface area contributed by atoms with Crippen LogP contribution in [0.15, 0.2) is 42.5 Å². The lowest BCUT2D eigenvalue weighted by Crippen LogP contribution is -2.03. The fourth-order valence-electron chi connectivity index (χ4n) is 1.77. The molecule has 2 aromatic rings. The largest absolute Gasteiger partial charge is 0.456 e. The van der Waals surface area contributed by atoms with Gasteiger partial charge < -0.3 is 10.5 Å². The van der Waals surface area contributed by atoms with E-state index >= 15 is 0 Å². The van der Waals surface area contributed by atoms with Crippen molar-refractivity contribution < 1.29 is 4.74 Å². The molecular weight excluding hydrogens is 246 g/mol. The molecule has 0 aliphatic carbocycles. The zero-order valence-corrected chi connectivity index (χ0v) is 11.1. The van der Waals surface area contributed by atoms with Gasteiger partial charge in [0.2, 0.25) is 0 Å². The van der Waals surface area contributed by atoms with Crippen LogP contribution in [0.3, 0.4) is 0 Å².